The summed E-state index contributed by atoms with van der Waals surface area (Å²) in [5.41, 5.74) is 2.41. The first-order valence-electron chi connectivity index (χ1n) is 7.05. The van der Waals surface area contributed by atoms with Crippen molar-refractivity contribution in [2.24, 2.45) is 0 Å². The van der Waals surface area contributed by atoms with Gasteiger partial charge < -0.3 is 9.73 Å². The van der Waals surface area contributed by atoms with E-state index in [2.05, 4.69) is 36.4 Å². The summed E-state index contributed by atoms with van der Waals surface area (Å²) in [6, 6.07) is 11.1. The number of amides is 1. The van der Waals surface area contributed by atoms with E-state index in [1.165, 1.54) is 11.8 Å². The molecule has 1 amide bonds. The summed E-state index contributed by atoms with van der Waals surface area (Å²) in [5, 5.41) is 11.0. The SMILES string of the molecule is Cc1cc(NC(=O)CSc2nnc(-c3ccccn3)o2)ccc1Br. The van der Waals surface area contributed by atoms with Crippen LogP contribution in [0.3, 0.4) is 0 Å². The third kappa shape index (κ3) is 4.21. The molecule has 122 valence electrons. The number of hydrogen-bond donors (Lipinski definition) is 1. The zero-order chi connectivity index (χ0) is 16.9. The second kappa shape index (κ2) is 7.59. The third-order valence-corrected chi connectivity index (χ3v) is 4.77. The first-order chi connectivity index (χ1) is 11.6. The van der Waals surface area contributed by atoms with Crippen LogP contribution in [0, 0.1) is 6.92 Å². The topological polar surface area (TPSA) is 80.9 Å². The Morgan fingerprint density at radius 3 is 2.92 bits per heavy atom. The van der Waals surface area contributed by atoms with Crippen molar-refractivity contribution in [3.63, 3.8) is 0 Å². The molecule has 1 aromatic carbocycles. The molecule has 0 aliphatic rings. The number of anilines is 1. The third-order valence-electron chi connectivity index (χ3n) is 3.06. The Morgan fingerprint density at radius 2 is 2.17 bits per heavy atom. The van der Waals surface area contributed by atoms with Crippen LogP contribution in [0.5, 0.6) is 0 Å². The van der Waals surface area contributed by atoms with E-state index in [1.807, 2.05) is 37.3 Å². The monoisotopic (exact) mass is 404 g/mol. The molecule has 0 atom stereocenters. The predicted molar refractivity (Wildman–Crippen MR) is 95.8 cm³/mol. The van der Waals surface area contributed by atoms with Crippen LogP contribution in [0.4, 0.5) is 5.69 Å². The number of hydrogen-bond acceptors (Lipinski definition) is 6. The van der Waals surface area contributed by atoms with Gasteiger partial charge in [-0.3, -0.25) is 9.78 Å². The van der Waals surface area contributed by atoms with Gasteiger partial charge in [0.05, 0.1) is 5.75 Å². The van der Waals surface area contributed by atoms with Crippen molar-refractivity contribution in [3.8, 4) is 11.6 Å². The predicted octanol–water partition coefficient (Wildman–Crippen LogP) is 3.93. The Labute approximate surface area is 151 Å². The molecule has 0 bridgehead atoms. The van der Waals surface area contributed by atoms with Gasteiger partial charge in [0, 0.05) is 16.4 Å². The van der Waals surface area contributed by atoms with Crippen LogP contribution < -0.4 is 5.32 Å². The first kappa shape index (κ1) is 16.7. The highest BCUT2D eigenvalue weighted by molar-refractivity contribution is 9.10. The second-order valence-corrected chi connectivity index (χ2v) is 6.67. The molecular weight excluding hydrogens is 392 g/mol. The van der Waals surface area contributed by atoms with Crippen molar-refractivity contribution in [2.45, 2.75) is 12.1 Å². The summed E-state index contributed by atoms with van der Waals surface area (Å²) in [7, 11) is 0. The molecule has 2 aromatic heterocycles. The van der Waals surface area contributed by atoms with Gasteiger partial charge in [0.25, 0.3) is 11.1 Å². The minimum atomic E-state index is -0.140. The molecule has 24 heavy (non-hydrogen) atoms. The average Bonchev–Trinajstić information content (AvgIpc) is 3.06. The van der Waals surface area contributed by atoms with E-state index in [4.69, 9.17) is 4.42 Å². The van der Waals surface area contributed by atoms with Gasteiger partial charge in [0.15, 0.2) is 0 Å². The van der Waals surface area contributed by atoms with Gasteiger partial charge in [-0.2, -0.15) is 0 Å². The molecule has 0 saturated heterocycles. The number of benzene rings is 1. The molecule has 3 aromatic rings. The van der Waals surface area contributed by atoms with Gasteiger partial charge in [-0.1, -0.05) is 33.8 Å². The molecule has 0 unspecified atom stereocenters. The number of rotatable bonds is 5. The number of aryl methyl sites for hydroxylation is 1. The number of carbonyl (C=O) groups excluding carboxylic acids is 1. The normalized spacial score (nSPS) is 10.6. The fourth-order valence-corrected chi connectivity index (χ4v) is 2.72. The number of aromatic nitrogens is 3. The van der Waals surface area contributed by atoms with Gasteiger partial charge in [0.2, 0.25) is 5.91 Å². The van der Waals surface area contributed by atoms with Gasteiger partial charge in [0.1, 0.15) is 5.69 Å². The minimum Gasteiger partial charge on any atom is -0.410 e. The molecule has 8 heteroatoms. The lowest BCUT2D eigenvalue weighted by atomic mass is 10.2. The number of halogens is 1. The molecule has 0 radical (unpaired) electrons. The highest BCUT2D eigenvalue weighted by atomic mass is 79.9. The van der Waals surface area contributed by atoms with Gasteiger partial charge >= 0.3 is 0 Å². The maximum Gasteiger partial charge on any atom is 0.277 e. The average molecular weight is 405 g/mol. The van der Waals surface area contributed by atoms with E-state index in [9.17, 15) is 4.79 Å². The lowest BCUT2D eigenvalue weighted by molar-refractivity contribution is -0.113. The van der Waals surface area contributed by atoms with Crippen LogP contribution >= 0.6 is 27.7 Å². The zero-order valence-electron chi connectivity index (χ0n) is 12.7. The number of nitrogens with zero attached hydrogens (tertiary/aromatic N) is 3. The second-order valence-electron chi connectivity index (χ2n) is 4.89. The summed E-state index contributed by atoms with van der Waals surface area (Å²) >= 11 is 4.61. The number of nitrogens with one attached hydrogen (secondary N) is 1. The Kier molecular flexibility index (Phi) is 5.27. The highest BCUT2D eigenvalue weighted by Gasteiger charge is 2.12. The standard InChI is InChI=1S/C16H13BrN4O2S/c1-10-8-11(5-6-12(10)17)19-14(22)9-24-16-21-20-15(23-16)13-4-2-3-7-18-13/h2-8H,9H2,1H3,(H,19,22). The summed E-state index contributed by atoms with van der Waals surface area (Å²) in [6.07, 6.45) is 1.65. The zero-order valence-corrected chi connectivity index (χ0v) is 15.1. The summed E-state index contributed by atoms with van der Waals surface area (Å²) < 4.78 is 6.50. The lowest BCUT2D eigenvalue weighted by Crippen LogP contribution is -2.14. The molecule has 2 heterocycles. The molecule has 3 rings (SSSR count). The Bertz CT molecular complexity index is 854. The van der Waals surface area contributed by atoms with Gasteiger partial charge in [-0.25, -0.2) is 0 Å². The Hall–Kier alpha value is -2.19. The summed E-state index contributed by atoms with van der Waals surface area (Å²) in [5.74, 6) is 0.375. The molecular formula is C16H13BrN4O2S. The van der Waals surface area contributed by atoms with Gasteiger partial charge in [-0.05, 0) is 42.8 Å². The molecule has 0 aliphatic heterocycles. The quantitative estimate of drug-likeness (QED) is 0.648. The van der Waals surface area contributed by atoms with Crippen LogP contribution in [-0.4, -0.2) is 26.8 Å². The number of thioether (sulfide) groups is 1. The van der Waals surface area contributed by atoms with Crippen molar-refractivity contribution in [1.82, 2.24) is 15.2 Å². The Morgan fingerprint density at radius 1 is 1.29 bits per heavy atom. The van der Waals surface area contributed by atoms with E-state index >= 15 is 0 Å². The van der Waals surface area contributed by atoms with Gasteiger partial charge in [-0.15, -0.1) is 10.2 Å². The van der Waals surface area contributed by atoms with Crippen molar-refractivity contribution in [1.29, 1.82) is 0 Å². The van der Waals surface area contributed by atoms with Crippen molar-refractivity contribution < 1.29 is 9.21 Å². The van der Waals surface area contributed by atoms with Crippen molar-refractivity contribution >= 4 is 39.3 Å². The van der Waals surface area contributed by atoms with Crippen LogP contribution in [0.1, 0.15) is 5.56 Å². The number of carbonyl (C=O) groups is 1. The minimum absolute atomic E-state index is 0.140. The summed E-state index contributed by atoms with van der Waals surface area (Å²) in [4.78, 5) is 16.2. The summed E-state index contributed by atoms with van der Waals surface area (Å²) in [6.45, 7) is 1.96. The van der Waals surface area contributed by atoms with E-state index in [0.29, 0.717) is 16.8 Å². The van der Waals surface area contributed by atoms with Crippen LogP contribution in [0.15, 0.2) is 56.7 Å². The fourth-order valence-electron chi connectivity index (χ4n) is 1.91. The highest BCUT2D eigenvalue weighted by Crippen LogP contribution is 2.23. The van der Waals surface area contributed by atoms with Crippen LogP contribution in [-0.2, 0) is 4.79 Å². The smallest absolute Gasteiger partial charge is 0.277 e. The number of pyridine rings is 1. The van der Waals surface area contributed by atoms with Crippen LogP contribution in [0.25, 0.3) is 11.6 Å². The van der Waals surface area contributed by atoms with E-state index in [-0.39, 0.29) is 11.7 Å². The molecule has 0 aliphatic carbocycles. The largest absolute Gasteiger partial charge is 0.410 e. The lowest BCUT2D eigenvalue weighted by Gasteiger charge is -2.06. The maximum absolute atomic E-state index is 12.0. The van der Waals surface area contributed by atoms with Crippen molar-refractivity contribution in [3.05, 3.63) is 52.6 Å². The molecule has 1 N–H and O–H groups in total. The molecule has 6 nitrogen and oxygen atoms in total. The molecule has 0 fully saturated rings. The van der Waals surface area contributed by atoms with Crippen LogP contribution in [0.2, 0.25) is 0 Å². The van der Waals surface area contributed by atoms with Crippen molar-refractivity contribution in [2.75, 3.05) is 11.1 Å². The molecule has 0 saturated carbocycles. The Balaban J connectivity index is 1.56. The van der Waals surface area contributed by atoms with E-state index in [0.717, 1.165) is 15.7 Å². The fraction of sp³-hybridized carbons (Fsp3) is 0.125. The van der Waals surface area contributed by atoms with E-state index in [1.54, 1.807) is 12.3 Å². The van der Waals surface area contributed by atoms with E-state index < -0.39 is 0 Å². The maximum atomic E-state index is 12.0. The first-order valence-corrected chi connectivity index (χ1v) is 8.83. The molecule has 0 spiro atoms.